The summed E-state index contributed by atoms with van der Waals surface area (Å²) in [6.07, 6.45) is 8.02. The second-order valence-electron chi connectivity index (χ2n) is 6.77. The molecule has 90 valence electrons. The maximum absolute atomic E-state index is 4.28. The van der Waals surface area contributed by atoms with Crippen molar-refractivity contribution in [1.82, 2.24) is 0 Å². The Morgan fingerprint density at radius 1 is 1.19 bits per heavy atom. The lowest BCUT2D eigenvalue weighted by Crippen LogP contribution is -2.27. The number of hydrogen-bond donors (Lipinski definition) is 0. The molecule has 0 saturated heterocycles. The van der Waals surface area contributed by atoms with Crippen LogP contribution in [0.4, 0.5) is 0 Å². The Morgan fingerprint density at radius 3 is 2.25 bits per heavy atom. The van der Waals surface area contributed by atoms with E-state index in [4.69, 9.17) is 0 Å². The molecule has 0 radical (unpaired) electrons. The van der Waals surface area contributed by atoms with Crippen LogP contribution in [0, 0.1) is 5.41 Å². The molecule has 0 aromatic carbocycles. The summed E-state index contributed by atoms with van der Waals surface area (Å²) >= 11 is 0. The molecule has 0 amide bonds. The van der Waals surface area contributed by atoms with Gasteiger partial charge >= 0.3 is 0 Å². The minimum absolute atomic E-state index is 0.595. The van der Waals surface area contributed by atoms with E-state index in [9.17, 15) is 0 Å². The van der Waals surface area contributed by atoms with Gasteiger partial charge in [-0.15, -0.1) is 0 Å². The van der Waals surface area contributed by atoms with Crippen molar-refractivity contribution in [2.75, 3.05) is 0 Å². The molecule has 0 N–H and O–H groups in total. The first-order valence-corrected chi connectivity index (χ1v) is 10.3. The first kappa shape index (κ1) is 12.2. The molecule has 0 aromatic rings. The standard InChI is InChI=1S/C15H26Si/c1-6-13-14(16(3,4)5)8-7-12(2)11-15(13)9-10-15/h2,6-11H2,1,3-5H3. The average Bonchev–Trinajstić information content (AvgIpc) is 2.92. The molecule has 0 aliphatic heterocycles. The Bertz CT molecular complexity index is 337. The summed E-state index contributed by atoms with van der Waals surface area (Å²) in [5.41, 5.74) is 3.96. The van der Waals surface area contributed by atoms with E-state index in [2.05, 4.69) is 33.1 Å². The molecular formula is C15H26Si. The van der Waals surface area contributed by atoms with Crippen molar-refractivity contribution >= 4 is 8.07 Å². The fourth-order valence-corrected chi connectivity index (χ4v) is 5.71. The predicted octanol–water partition coefficient (Wildman–Crippen LogP) is 5.09. The Balaban J connectivity index is 2.43. The van der Waals surface area contributed by atoms with Gasteiger partial charge in [-0.25, -0.2) is 0 Å². The highest BCUT2D eigenvalue weighted by atomic mass is 28.3. The molecule has 1 fully saturated rings. The molecule has 0 atom stereocenters. The van der Waals surface area contributed by atoms with Crippen LogP contribution in [-0.4, -0.2) is 8.07 Å². The molecule has 0 bridgehead atoms. The van der Waals surface area contributed by atoms with E-state index in [-0.39, 0.29) is 0 Å². The number of rotatable bonds is 2. The van der Waals surface area contributed by atoms with Crippen LogP contribution in [0.25, 0.3) is 0 Å². The quantitative estimate of drug-likeness (QED) is 0.461. The highest BCUT2D eigenvalue weighted by Gasteiger charge is 2.48. The monoisotopic (exact) mass is 234 g/mol. The summed E-state index contributed by atoms with van der Waals surface area (Å²) in [5.74, 6) is 0. The minimum atomic E-state index is -1.11. The maximum Gasteiger partial charge on any atom is 0.0724 e. The third-order valence-corrected chi connectivity index (χ3v) is 6.80. The van der Waals surface area contributed by atoms with Crippen molar-refractivity contribution in [2.24, 2.45) is 5.41 Å². The van der Waals surface area contributed by atoms with E-state index in [0.29, 0.717) is 5.41 Å². The summed E-state index contributed by atoms with van der Waals surface area (Å²) in [6.45, 7) is 14.2. The van der Waals surface area contributed by atoms with E-state index >= 15 is 0 Å². The Morgan fingerprint density at radius 2 is 1.81 bits per heavy atom. The van der Waals surface area contributed by atoms with Gasteiger partial charge in [0.1, 0.15) is 0 Å². The maximum atomic E-state index is 4.28. The van der Waals surface area contributed by atoms with Gasteiger partial charge < -0.3 is 0 Å². The third-order valence-electron chi connectivity index (χ3n) is 4.43. The Hall–Kier alpha value is -0.303. The van der Waals surface area contributed by atoms with Gasteiger partial charge in [0.2, 0.25) is 0 Å². The van der Waals surface area contributed by atoms with Crippen molar-refractivity contribution in [2.45, 2.75) is 65.1 Å². The van der Waals surface area contributed by atoms with Crippen LogP contribution < -0.4 is 0 Å². The zero-order valence-electron chi connectivity index (χ0n) is 11.4. The number of hydrogen-bond acceptors (Lipinski definition) is 0. The van der Waals surface area contributed by atoms with Gasteiger partial charge in [-0.2, -0.15) is 0 Å². The first-order chi connectivity index (χ1) is 7.39. The molecule has 0 heterocycles. The van der Waals surface area contributed by atoms with Crippen molar-refractivity contribution < 1.29 is 0 Å². The molecule has 16 heavy (non-hydrogen) atoms. The van der Waals surface area contributed by atoms with Crippen LogP contribution in [0.1, 0.15) is 45.4 Å². The lowest BCUT2D eigenvalue weighted by atomic mass is 9.89. The van der Waals surface area contributed by atoms with Crippen molar-refractivity contribution in [3.8, 4) is 0 Å². The molecular weight excluding hydrogens is 208 g/mol. The second kappa shape index (κ2) is 3.87. The largest absolute Gasteiger partial charge is 0.0998 e. The molecule has 0 unspecified atom stereocenters. The lowest BCUT2D eigenvalue weighted by Gasteiger charge is -2.27. The van der Waals surface area contributed by atoms with Crippen molar-refractivity contribution in [1.29, 1.82) is 0 Å². The summed E-state index contributed by atoms with van der Waals surface area (Å²) < 4.78 is 0. The zero-order valence-corrected chi connectivity index (χ0v) is 12.4. The fraction of sp³-hybridized carbons (Fsp3) is 0.733. The molecule has 2 rings (SSSR count). The van der Waals surface area contributed by atoms with Gasteiger partial charge in [0, 0.05) is 0 Å². The van der Waals surface area contributed by atoms with Crippen molar-refractivity contribution in [3.05, 3.63) is 22.9 Å². The van der Waals surface area contributed by atoms with Gasteiger partial charge in [-0.05, 0) is 43.9 Å². The number of allylic oxidation sites excluding steroid dienone is 3. The van der Waals surface area contributed by atoms with E-state index in [1.165, 1.54) is 44.1 Å². The lowest BCUT2D eigenvalue weighted by molar-refractivity contribution is 0.581. The zero-order chi connectivity index (χ0) is 12.0. The van der Waals surface area contributed by atoms with Crippen LogP contribution >= 0.6 is 0 Å². The molecule has 2 aliphatic carbocycles. The van der Waals surface area contributed by atoms with Crippen LogP contribution in [0.2, 0.25) is 19.6 Å². The van der Waals surface area contributed by atoms with Gasteiger partial charge in [0.15, 0.2) is 0 Å². The smallest absolute Gasteiger partial charge is 0.0724 e. The van der Waals surface area contributed by atoms with E-state index in [1.54, 1.807) is 0 Å². The third kappa shape index (κ3) is 2.07. The summed E-state index contributed by atoms with van der Waals surface area (Å²) in [6, 6.07) is 0. The first-order valence-electron chi connectivity index (χ1n) is 6.79. The Labute approximate surface area is 102 Å². The molecule has 1 spiro atoms. The second-order valence-corrected chi connectivity index (χ2v) is 11.9. The van der Waals surface area contributed by atoms with Crippen LogP contribution in [-0.2, 0) is 0 Å². The molecule has 1 heteroatoms. The predicted molar refractivity (Wildman–Crippen MR) is 75.3 cm³/mol. The van der Waals surface area contributed by atoms with Gasteiger partial charge in [0.25, 0.3) is 0 Å². The van der Waals surface area contributed by atoms with Crippen LogP contribution in [0.3, 0.4) is 0 Å². The van der Waals surface area contributed by atoms with Crippen molar-refractivity contribution in [3.63, 3.8) is 0 Å². The highest BCUT2D eigenvalue weighted by Crippen LogP contribution is 2.60. The van der Waals surface area contributed by atoms with Crippen LogP contribution in [0.15, 0.2) is 22.9 Å². The molecule has 0 aromatic heterocycles. The molecule has 0 nitrogen and oxygen atoms in total. The molecule has 2 aliphatic rings. The summed E-state index contributed by atoms with van der Waals surface area (Å²) in [7, 11) is -1.11. The molecule has 1 saturated carbocycles. The summed E-state index contributed by atoms with van der Waals surface area (Å²) in [4.78, 5) is 0. The van der Waals surface area contributed by atoms with Gasteiger partial charge in [-0.1, -0.05) is 49.5 Å². The minimum Gasteiger partial charge on any atom is -0.0998 e. The van der Waals surface area contributed by atoms with E-state index in [1.807, 2.05) is 10.8 Å². The normalized spacial score (nSPS) is 24.9. The average molecular weight is 234 g/mol. The van der Waals surface area contributed by atoms with Gasteiger partial charge in [0.05, 0.1) is 8.07 Å². The topological polar surface area (TPSA) is 0 Å². The fourth-order valence-electron chi connectivity index (χ4n) is 3.49. The van der Waals surface area contributed by atoms with Crippen LogP contribution in [0.5, 0.6) is 0 Å². The van der Waals surface area contributed by atoms with Gasteiger partial charge in [-0.3, -0.25) is 0 Å². The summed E-state index contributed by atoms with van der Waals surface area (Å²) in [5, 5.41) is 1.88. The van der Waals surface area contributed by atoms with E-state index in [0.717, 1.165) is 0 Å². The van der Waals surface area contributed by atoms with E-state index < -0.39 is 8.07 Å². The Kier molecular flexibility index (Phi) is 2.94. The highest BCUT2D eigenvalue weighted by molar-refractivity contribution is 6.83. The SMILES string of the molecule is C=C1CCC([Si](C)(C)C)=C(CC)C2(CC2)C1.